The predicted octanol–water partition coefficient (Wildman–Crippen LogP) is 5.38. The number of benzene rings is 1. The normalized spacial score (nSPS) is 10.9. The van der Waals surface area contributed by atoms with E-state index in [0.29, 0.717) is 20.8 Å². The summed E-state index contributed by atoms with van der Waals surface area (Å²) in [5.74, 6) is -0.0521. The first-order valence-electron chi connectivity index (χ1n) is 6.30. The molecule has 4 nitrogen and oxygen atoms in total. The number of rotatable bonds is 4. The molecule has 0 atom stereocenters. The highest BCUT2D eigenvalue weighted by atomic mass is 35.5. The number of aromatic nitrogens is 2. The lowest BCUT2D eigenvalue weighted by Gasteiger charge is -2.09. The number of thioether (sulfide) groups is 1. The van der Waals surface area contributed by atoms with Crippen LogP contribution in [0.5, 0.6) is 0 Å². The zero-order valence-electron chi connectivity index (χ0n) is 11.3. The summed E-state index contributed by atoms with van der Waals surface area (Å²) in [6.45, 7) is 0. The molecule has 0 aliphatic heterocycles. The molecule has 2 aromatic heterocycles. The summed E-state index contributed by atoms with van der Waals surface area (Å²) in [5.41, 5.74) is 1.23. The van der Waals surface area contributed by atoms with E-state index in [9.17, 15) is 4.79 Å². The van der Waals surface area contributed by atoms with Crippen LogP contribution in [0.1, 0.15) is 0 Å². The molecule has 9 heteroatoms. The van der Waals surface area contributed by atoms with Crippen molar-refractivity contribution in [3.05, 3.63) is 45.0 Å². The van der Waals surface area contributed by atoms with E-state index in [2.05, 4.69) is 15.3 Å². The molecule has 118 valence electrons. The molecule has 0 saturated heterocycles. The number of hydrogen-bond donors (Lipinski definition) is 1. The summed E-state index contributed by atoms with van der Waals surface area (Å²) in [6.07, 6.45) is 1.49. The van der Waals surface area contributed by atoms with Crippen molar-refractivity contribution in [2.24, 2.45) is 0 Å². The van der Waals surface area contributed by atoms with Crippen molar-refractivity contribution in [2.75, 3.05) is 11.1 Å². The van der Waals surface area contributed by atoms with E-state index in [-0.39, 0.29) is 11.7 Å². The van der Waals surface area contributed by atoms with Gasteiger partial charge in [-0.25, -0.2) is 9.97 Å². The number of thiophene rings is 1. The van der Waals surface area contributed by atoms with Crippen LogP contribution in [-0.4, -0.2) is 21.6 Å². The predicted molar refractivity (Wildman–Crippen MR) is 98.2 cm³/mol. The van der Waals surface area contributed by atoms with Crippen LogP contribution in [0.25, 0.3) is 10.2 Å². The number of carbonyl (C=O) groups is 1. The summed E-state index contributed by atoms with van der Waals surface area (Å²) in [7, 11) is 0. The van der Waals surface area contributed by atoms with Gasteiger partial charge in [0.15, 0.2) is 0 Å². The number of nitrogens with zero attached hydrogens (tertiary/aromatic N) is 2. The molecule has 1 N–H and O–H groups in total. The quantitative estimate of drug-likeness (QED) is 0.468. The molecule has 0 spiro atoms. The molecule has 0 radical (unpaired) electrons. The maximum atomic E-state index is 12.1. The van der Waals surface area contributed by atoms with Crippen LogP contribution in [0.15, 0.2) is 34.9 Å². The van der Waals surface area contributed by atoms with Crippen molar-refractivity contribution in [2.45, 2.75) is 5.03 Å². The lowest BCUT2D eigenvalue weighted by Crippen LogP contribution is -2.14. The number of carbonyl (C=O) groups excluding carboxylic acids is 1. The van der Waals surface area contributed by atoms with E-state index in [4.69, 9.17) is 34.8 Å². The number of nitrogens with one attached hydrogen (secondary N) is 1. The van der Waals surface area contributed by atoms with Gasteiger partial charge >= 0.3 is 0 Å². The second kappa shape index (κ2) is 7.23. The fourth-order valence-corrected chi connectivity index (χ4v) is 4.50. The van der Waals surface area contributed by atoms with Gasteiger partial charge in [0.2, 0.25) is 5.91 Å². The van der Waals surface area contributed by atoms with Crippen LogP contribution in [-0.2, 0) is 4.79 Å². The topological polar surface area (TPSA) is 54.9 Å². The lowest BCUT2D eigenvalue weighted by molar-refractivity contribution is -0.113. The van der Waals surface area contributed by atoms with Crippen LogP contribution in [0.3, 0.4) is 0 Å². The van der Waals surface area contributed by atoms with Gasteiger partial charge in [-0.3, -0.25) is 4.79 Å². The molecule has 0 aliphatic rings. The van der Waals surface area contributed by atoms with Gasteiger partial charge < -0.3 is 5.32 Å². The number of halogens is 3. The summed E-state index contributed by atoms with van der Waals surface area (Å²) in [4.78, 5) is 20.5. The van der Waals surface area contributed by atoms with Crippen molar-refractivity contribution < 1.29 is 4.79 Å². The number of fused-ring (bicyclic) bond motifs is 1. The molecule has 0 saturated carbocycles. The number of amides is 1. The van der Waals surface area contributed by atoms with Gasteiger partial charge in [0.25, 0.3) is 0 Å². The van der Waals surface area contributed by atoms with Crippen LogP contribution in [0.4, 0.5) is 5.69 Å². The monoisotopic (exact) mass is 403 g/mol. The van der Waals surface area contributed by atoms with E-state index >= 15 is 0 Å². The van der Waals surface area contributed by atoms with Gasteiger partial charge in [0.1, 0.15) is 11.4 Å². The summed E-state index contributed by atoms with van der Waals surface area (Å²) >= 11 is 20.8. The third-order valence-corrected chi connectivity index (χ3v) is 5.67. The fourth-order valence-electron chi connectivity index (χ4n) is 1.84. The van der Waals surface area contributed by atoms with Gasteiger partial charge in [-0.05, 0) is 23.6 Å². The maximum absolute atomic E-state index is 12.1. The molecule has 1 amide bonds. The van der Waals surface area contributed by atoms with E-state index in [0.717, 1.165) is 15.2 Å². The van der Waals surface area contributed by atoms with Crippen molar-refractivity contribution in [3.8, 4) is 0 Å². The average Bonchev–Trinajstić information content (AvgIpc) is 2.97. The first-order valence-corrected chi connectivity index (χ1v) is 9.30. The van der Waals surface area contributed by atoms with Gasteiger partial charge in [0.05, 0.1) is 31.7 Å². The van der Waals surface area contributed by atoms with Crippen molar-refractivity contribution >= 4 is 79.7 Å². The van der Waals surface area contributed by atoms with Crippen LogP contribution in [0.2, 0.25) is 15.1 Å². The highest BCUT2D eigenvalue weighted by Gasteiger charge is 2.13. The Kier molecular flexibility index (Phi) is 5.28. The van der Waals surface area contributed by atoms with Gasteiger partial charge in [0, 0.05) is 5.02 Å². The Balaban J connectivity index is 1.70. The van der Waals surface area contributed by atoms with Gasteiger partial charge in [-0.2, -0.15) is 0 Å². The smallest absolute Gasteiger partial charge is 0.234 e. The summed E-state index contributed by atoms with van der Waals surface area (Å²) in [6, 6.07) is 4.97. The second-order valence-electron chi connectivity index (χ2n) is 4.40. The molecule has 3 aromatic rings. The Hall–Kier alpha value is -1.05. The Labute approximate surface area is 155 Å². The fraction of sp³-hybridized carbons (Fsp3) is 0.0714. The Morgan fingerprint density at radius 3 is 2.70 bits per heavy atom. The molecule has 3 rings (SSSR count). The number of anilines is 1. The van der Waals surface area contributed by atoms with Crippen LogP contribution >= 0.6 is 57.9 Å². The summed E-state index contributed by atoms with van der Waals surface area (Å²) < 4.78 is 0.966. The highest BCUT2D eigenvalue weighted by Crippen LogP contribution is 2.34. The molecule has 0 aliphatic carbocycles. The lowest BCUT2D eigenvalue weighted by atomic mass is 10.3. The minimum absolute atomic E-state index is 0.180. The molecule has 0 bridgehead atoms. The molecule has 2 heterocycles. The highest BCUT2D eigenvalue weighted by molar-refractivity contribution is 8.00. The van der Waals surface area contributed by atoms with E-state index < -0.39 is 0 Å². The third-order valence-electron chi connectivity index (χ3n) is 2.82. The Morgan fingerprint density at radius 2 is 1.96 bits per heavy atom. The third kappa shape index (κ3) is 3.89. The molecule has 0 fully saturated rings. The van der Waals surface area contributed by atoms with E-state index in [1.807, 2.05) is 11.4 Å². The van der Waals surface area contributed by atoms with Crippen LogP contribution < -0.4 is 5.32 Å². The Bertz CT molecular complexity index is 862. The minimum Gasteiger partial charge on any atom is -0.323 e. The molecule has 0 unspecified atom stereocenters. The Morgan fingerprint density at radius 1 is 1.22 bits per heavy atom. The number of hydrogen-bond acceptors (Lipinski definition) is 5. The zero-order chi connectivity index (χ0) is 16.4. The standard InChI is InChI=1S/C14H8Cl3N3OS2/c15-7-3-8(16)12(9(17)4-7)20-11(21)5-23-14-13-10(1-2-22-13)18-6-19-14/h1-4,6H,5H2,(H,20,21). The van der Waals surface area contributed by atoms with Crippen molar-refractivity contribution in [1.29, 1.82) is 0 Å². The summed E-state index contributed by atoms with van der Waals surface area (Å²) in [5, 5.41) is 6.41. The van der Waals surface area contributed by atoms with Crippen LogP contribution in [0, 0.1) is 0 Å². The first kappa shape index (κ1) is 16.8. The average molecular weight is 405 g/mol. The van der Waals surface area contributed by atoms with Crippen molar-refractivity contribution in [3.63, 3.8) is 0 Å². The van der Waals surface area contributed by atoms with Gasteiger partial charge in [-0.1, -0.05) is 46.6 Å². The zero-order valence-corrected chi connectivity index (χ0v) is 15.2. The second-order valence-corrected chi connectivity index (χ2v) is 7.53. The molecule has 23 heavy (non-hydrogen) atoms. The van der Waals surface area contributed by atoms with E-state index in [1.54, 1.807) is 11.3 Å². The molecular formula is C14H8Cl3N3OS2. The van der Waals surface area contributed by atoms with Crippen molar-refractivity contribution in [1.82, 2.24) is 9.97 Å². The molecular weight excluding hydrogens is 397 g/mol. The maximum Gasteiger partial charge on any atom is 0.234 e. The minimum atomic E-state index is -0.232. The van der Waals surface area contributed by atoms with E-state index in [1.165, 1.54) is 30.2 Å². The van der Waals surface area contributed by atoms with Gasteiger partial charge in [-0.15, -0.1) is 11.3 Å². The largest absolute Gasteiger partial charge is 0.323 e. The first-order chi connectivity index (χ1) is 11.0. The molecule has 1 aromatic carbocycles. The SMILES string of the molecule is O=C(CSc1ncnc2ccsc12)Nc1c(Cl)cc(Cl)cc1Cl.